The summed E-state index contributed by atoms with van der Waals surface area (Å²) in [7, 11) is -2.67. The van der Waals surface area contributed by atoms with Crippen LogP contribution in [0.5, 0.6) is 5.75 Å². The maximum Gasteiger partial charge on any atom is 0.264 e. The molecule has 240 valence electrons. The first-order valence-corrected chi connectivity index (χ1v) is 17.2. The fourth-order valence-corrected chi connectivity index (χ4v) is 7.36. The number of benzene rings is 4. The molecule has 1 aliphatic rings. The average Bonchev–Trinajstić information content (AvgIpc) is 3.60. The molecule has 1 fully saturated rings. The number of methoxy groups -OCH3 is 1. The molecule has 2 amide bonds. The summed E-state index contributed by atoms with van der Waals surface area (Å²) in [6, 6.07) is 30.2. The van der Waals surface area contributed by atoms with Crippen LogP contribution in [0.1, 0.15) is 36.8 Å². The van der Waals surface area contributed by atoms with Gasteiger partial charge in [0.25, 0.3) is 10.0 Å². The van der Waals surface area contributed by atoms with Crippen molar-refractivity contribution in [1.82, 2.24) is 10.2 Å². The fourth-order valence-electron chi connectivity index (χ4n) is 5.73. The van der Waals surface area contributed by atoms with Crippen molar-refractivity contribution in [2.45, 2.75) is 55.6 Å². The SMILES string of the molecule is COc1ccc(N(CC(=O)N(Cc2ccccc2Cl)[C@H](Cc2ccccc2)C(=O)NC2CCCC2)S(=O)(=O)c2ccccc2)cc1. The zero-order valence-corrected chi connectivity index (χ0v) is 27.3. The Morgan fingerprint density at radius 2 is 1.48 bits per heavy atom. The Labute approximate surface area is 276 Å². The Morgan fingerprint density at radius 1 is 0.870 bits per heavy atom. The van der Waals surface area contributed by atoms with Crippen molar-refractivity contribution in [1.29, 1.82) is 0 Å². The molecule has 8 nitrogen and oxygen atoms in total. The van der Waals surface area contributed by atoms with Crippen LogP contribution < -0.4 is 14.4 Å². The van der Waals surface area contributed by atoms with Crippen molar-refractivity contribution >= 4 is 39.1 Å². The Kier molecular flexibility index (Phi) is 11.0. The Bertz CT molecular complexity index is 1710. The van der Waals surface area contributed by atoms with Gasteiger partial charge in [-0.3, -0.25) is 13.9 Å². The minimum Gasteiger partial charge on any atom is -0.497 e. The molecule has 0 saturated heterocycles. The van der Waals surface area contributed by atoms with Gasteiger partial charge in [-0.2, -0.15) is 0 Å². The topological polar surface area (TPSA) is 96.0 Å². The van der Waals surface area contributed by atoms with E-state index in [1.165, 1.54) is 24.1 Å². The zero-order chi connectivity index (χ0) is 32.5. The summed E-state index contributed by atoms with van der Waals surface area (Å²) in [6.07, 6.45) is 4.06. The summed E-state index contributed by atoms with van der Waals surface area (Å²) in [6.45, 7) is -0.536. The van der Waals surface area contributed by atoms with E-state index >= 15 is 0 Å². The van der Waals surface area contributed by atoms with Crippen molar-refractivity contribution in [3.63, 3.8) is 0 Å². The molecular weight excluding hydrogens is 622 g/mol. The maximum absolute atomic E-state index is 14.6. The summed E-state index contributed by atoms with van der Waals surface area (Å²) in [5.74, 6) is -0.283. The number of hydrogen-bond acceptors (Lipinski definition) is 5. The van der Waals surface area contributed by atoms with Gasteiger partial charge in [-0.15, -0.1) is 0 Å². The number of rotatable bonds is 13. The van der Waals surface area contributed by atoms with Crippen molar-refractivity contribution in [2.75, 3.05) is 18.0 Å². The summed E-state index contributed by atoms with van der Waals surface area (Å²) < 4.78 is 34.6. The molecule has 1 saturated carbocycles. The smallest absolute Gasteiger partial charge is 0.264 e. The third kappa shape index (κ3) is 8.08. The summed E-state index contributed by atoms with van der Waals surface area (Å²) in [4.78, 5) is 30.2. The molecule has 10 heteroatoms. The molecule has 4 aromatic rings. The van der Waals surface area contributed by atoms with Crippen LogP contribution in [0.2, 0.25) is 5.02 Å². The highest BCUT2D eigenvalue weighted by molar-refractivity contribution is 7.92. The highest BCUT2D eigenvalue weighted by Gasteiger charge is 2.35. The van der Waals surface area contributed by atoms with Crippen LogP contribution in [0.4, 0.5) is 5.69 Å². The molecule has 1 aliphatic carbocycles. The van der Waals surface area contributed by atoms with Gasteiger partial charge < -0.3 is 15.0 Å². The number of ether oxygens (including phenoxy) is 1. The number of halogens is 1. The monoisotopic (exact) mass is 659 g/mol. The quantitative estimate of drug-likeness (QED) is 0.183. The van der Waals surface area contributed by atoms with Crippen LogP contribution >= 0.6 is 11.6 Å². The number of hydrogen-bond donors (Lipinski definition) is 1. The molecule has 0 radical (unpaired) electrons. The van der Waals surface area contributed by atoms with Gasteiger partial charge in [0.15, 0.2) is 0 Å². The van der Waals surface area contributed by atoms with E-state index in [-0.39, 0.29) is 35.5 Å². The van der Waals surface area contributed by atoms with Crippen LogP contribution in [0, 0.1) is 0 Å². The van der Waals surface area contributed by atoms with Crippen LogP contribution in [0.3, 0.4) is 0 Å². The second kappa shape index (κ2) is 15.3. The molecule has 0 unspecified atom stereocenters. The third-order valence-corrected chi connectivity index (χ3v) is 10.4. The number of carbonyl (C=O) groups excluding carboxylic acids is 2. The number of amides is 2. The molecule has 1 N–H and O–H groups in total. The van der Waals surface area contributed by atoms with Gasteiger partial charge in [0, 0.05) is 24.0 Å². The minimum absolute atomic E-state index is 0.00985. The highest BCUT2D eigenvalue weighted by Crippen LogP contribution is 2.28. The van der Waals surface area contributed by atoms with Gasteiger partial charge in [-0.25, -0.2) is 8.42 Å². The van der Waals surface area contributed by atoms with Crippen LogP contribution in [-0.4, -0.2) is 50.9 Å². The Morgan fingerprint density at radius 3 is 2.11 bits per heavy atom. The lowest BCUT2D eigenvalue weighted by molar-refractivity contribution is -0.140. The molecule has 0 aromatic heterocycles. The lowest BCUT2D eigenvalue weighted by atomic mass is 10.0. The fraction of sp³-hybridized carbons (Fsp3) is 0.278. The van der Waals surface area contributed by atoms with E-state index in [1.807, 2.05) is 36.4 Å². The molecule has 1 atom stereocenters. The Hall–Kier alpha value is -4.34. The van der Waals surface area contributed by atoms with Gasteiger partial charge in [0.2, 0.25) is 11.8 Å². The third-order valence-electron chi connectivity index (χ3n) is 8.24. The standard InChI is InChI=1S/C36H38ClN3O5S/c1-45-31-22-20-30(21-23-31)40(46(43,44)32-17-6-3-7-18-32)26-35(41)39(25-28-14-8-11-19-33(28)37)34(24-27-12-4-2-5-13-27)36(42)38-29-15-9-10-16-29/h2-8,11-14,17-23,29,34H,9-10,15-16,24-26H2,1H3,(H,38,42)/t34-/m1/s1. The summed E-state index contributed by atoms with van der Waals surface area (Å²) in [5.41, 5.74) is 1.80. The molecule has 0 aliphatic heterocycles. The van der Waals surface area contributed by atoms with Gasteiger partial charge in [-0.05, 0) is 66.4 Å². The number of sulfonamides is 1. The van der Waals surface area contributed by atoms with Crippen LogP contribution in [0.25, 0.3) is 0 Å². The number of nitrogens with one attached hydrogen (secondary N) is 1. The molecule has 46 heavy (non-hydrogen) atoms. The normalized spacial score (nSPS) is 14.0. The lowest BCUT2D eigenvalue weighted by Gasteiger charge is -2.34. The first kappa shape index (κ1) is 33.0. The molecule has 5 rings (SSSR count). The minimum atomic E-state index is -4.19. The molecular formula is C36H38ClN3O5S. The first-order chi connectivity index (χ1) is 22.3. The molecule has 0 heterocycles. The van der Waals surface area contributed by atoms with Crippen molar-refractivity contribution in [3.05, 3.63) is 125 Å². The Balaban J connectivity index is 1.56. The largest absolute Gasteiger partial charge is 0.497 e. The van der Waals surface area contributed by atoms with E-state index in [9.17, 15) is 18.0 Å². The molecule has 0 bridgehead atoms. The number of nitrogens with zero attached hydrogens (tertiary/aromatic N) is 2. The van der Waals surface area contributed by atoms with Gasteiger partial charge in [-0.1, -0.05) is 91.2 Å². The molecule has 0 spiro atoms. The number of anilines is 1. The van der Waals surface area contributed by atoms with Gasteiger partial charge >= 0.3 is 0 Å². The van der Waals surface area contributed by atoms with Crippen molar-refractivity contribution in [2.24, 2.45) is 0 Å². The second-order valence-corrected chi connectivity index (χ2v) is 13.6. The second-order valence-electron chi connectivity index (χ2n) is 11.3. The predicted octanol–water partition coefficient (Wildman–Crippen LogP) is 6.24. The first-order valence-electron chi connectivity index (χ1n) is 15.4. The van der Waals surface area contributed by atoms with E-state index in [4.69, 9.17) is 16.3 Å². The maximum atomic E-state index is 14.6. The predicted molar refractivity (Wildman–Crippen MR) is 180 cm³/mol. The van der Waals surface area contributed by atoms with Crippen LogP contribution in [-0.2, 0) is 32.6 Å². The van der Waals surface area contributed by atoms with E-state index in [0.717, 1.165) is 35.6 Å². The number of carbonyl (C=O) groups is 2. The van der Waals surface area contributed by atoms with Crippen molar-refractivity contribution < 1.29 is 22.7 Å². The summed E-state index contributed by atoms with van der Waals surface area (Å²) >= 11 is 6.58. The van der Waals surface area contributed by atoms with Crippen molar-refractivity contribution in [3.8, 4) is 5.75 Å². The van der Waals surface area contributed by atoms with E-state index in [1.54, 1.807) is 60.7 Å². The lowest BCUT2D eigenvalue weighted by Crippen LogP contribution is -2.54. The zero-order valence-electron chi connectivity index (χ0n) is 25.7. The molecule has 4 aromatic carbocycles. The van der Waals surface area contributed by atoms with Gasteiger partial charge in [0.05, 0.1) is 17.7 Å². The van der Waals surface area contributed by atoms with E-state index in [0.29, 0.717) is 16.3 Å². The van der Waals surface area contributed by atoms with E-state index in [2.05, 4.69) is 5.32 Å². The van der Waals surface area contributed by atoms with E-state index < -0.39 is 28.5 Å². The average molecular weight is 660 g/mol. The van der Waals surface area contributed by atoms with Gasteiger partial charge in [0.1, 0.15) is 18.3 Å². The summed E-state index contributed by atoms with van der Waals surface area (Å²) in [5, 5.41) is 3.62. The van der Waals surface area contributed by atoms with Crippen LogP contribution in [0.15, 0.2) is 114 Å². The highest BCUT2D eigenvalue weighted by atomic mass is 35.5.